The molecule has 0 radical (unpaired) electrons. The van der Waals surface area contributed by atoms with E-state index in [-0.39, 0.29) is 16.9 Å². The number of nitrogens with zero attached hydrogens (tertiary/aromatic N) is 2. The minimum Gasteiger partial charge on any atom is -0.325 e. The molecule has 5 nitrogen and oxygen atoms in total. The van der Waals surface area contributed by atoms with Gasteiger partial charge in [0.2, 0.25) is 5.91 Å². The lowest BCUT2D eigenvalue weighted by Gasteiger charge is -2.13. The van der Waals surface area contributed by atoms with Crippen molar-refractivity contribution < 1.29 is 9.59 Å². The first-order valence-corrected chi connectivity index (χ1v) is 8.58. The molecule has 1 N–H and O–H groups in total. The summed E-state index contributed by atoms with van der Waals surface area (Å²) >= 11 is 2.91. The zero-order valence-corrected chi connectivity index (χ0v) is 14.3. The van der Waals surface area contributed by atoms with E-state index in [4.69, 9.17) is 0 Å². The average Bonchev–Trinajstić information content (AvgIpc) is 2.90. The molecule has 1 amide bonds. The summed E-state index contributed by atoms with van der Waals surface area (Å²) in [5.74, 6) is -0.0672. The van der Waals surface area contributed by atoms with Crippen molar-refractivity contribution in [1.29, 1.82) is 0 Å². The number of anilines is 1. The van der Waals surface area contributed by atoms with Gasteiger partial charge >= 0.3 is 0 Å². The smallest absolute Gasteiger partial charge is 0.237 e. The number of rotatable bonds is 6. The quantitative estimate of drug-likeness (QED) is 0.645. The van der Waals surface area contributed by atoms with Crippen LogP contribution in [0.5, 0.6) is 0 Å². The van der Waals surface area contributed by atoms with Gasteiger partial charge in [0.05, 0.1) is 5.25 Å². The standard InChI is InChI=1S/C15H17N3O2S2/c1-4-13(22-15-18-17-10(3)21-15)14(20)16-12-7-5-11(6-8-12)9(2)19/h5-8,13H,4H2,1-3H3,(H,16,20)/t13-/m0/s1. The lowest BCUT2D eigenvalue weighted by Crippen LogP contribution is -2.24. The molecule has 1 heterocycles. The molecule has 22 heavy (non-hydrogen) atoms. The van der Waals surface area contributed by atoms with Gasteiger partial charge in [-0.1, -0.05) is 30.0 Å². The minimum absolute atomic E-state index is 0.00602. The van der Waals surface area contributed by atoms with Crippen molar-refractivity contribution in [3.8, 4) is 0 Å². The molecule has 0 saturated heterocycles. The molecule has 0 unspecified atom stereocenters. The number of ketones is 1. The number of hydrogen-bond acceptors (Lipinski definition) is 6. The molecule has 0 saturated carbocycles. The Bertz CT molecular complexity index is 668. The first-order chi connectivity index (χ1) is 10.5. The Kier molecular flexibility index (Phi) is 5.68. The molecule has 0 spiro atoms. The maximum Gasteiger partial charge on any atom is 0.237 e. The fraction of sp³-hybridized carbons (Fsp3) is 0.333. The highest BCUT2D eigenvalue weighted by molar-refractivity contribution is 8.02. The number of carbonyl (C=O) groups is 2. The van der Waals surface area contributed by atoms with Crippen molar-refractivity contribution in [2.45, 2.75) is 36.8 Å². The Balaban J connectivity index is 2.00. The number of hydrogen-bond donors (Lipinski definition) is 1. The van der Waals surface area contributed by atoms with Gasteiger partial charge in [0.25, 0.3) is 0 Å². The molecule has 1 aromatic heterocycles. The number of Topliss-reactive ketones (excluding diaryl/α,β-unsaturated/α-hetero) is 1. The SMILES string of the molecule is CC[C@H](Sc1nnc(C)s1)C(=O)Nc1ccc(C(C)=O)cc1. The molecular weight excluding hydrogens is 318 g/mol. The third kappa shape index (κ3) is 4.38. The summed E-state index contributed by atoms with van der Waals surface area (Å²) in [6.45, 7) is 5.37. The van der Waals surface area contributed by atoms with Gasteiger partial charge in [0, 0.05) is 11.3 Å². The van der Waals surface area contributed by atoms with E-state index in [0.717, 1.165) is 9.35 Å². The Hall–Kier alpha value is -1.73. The number of thioether (sulfide) groups is 1. The van der Waals surface area contributed by atoms with Gasteiger partial charge in [0.1, 0.15) is 5.01 Å². The van der Waals surface area contributed by atoms with Gasteiger partial charge in [-0.2, -0.15) is 0 Å². The molecule has 0 aliphatic rings. The minimum atomic E-state index is -0.222. The van der Waals surface area contributed by atoms with Crippen LogP contribution in [0.2, 0.25) is 0 Å². The fourth-order valence-corrected chi connectivity index (χ4v) is 3.76. The lowest BCUT2D eigenvalue weighted by atomic mass is 10.1. The summed E-state index contributed by atoms with van der Waals surface area (Å²) in [7, 11) is 0. The van der Waals surface area contributed by atoms with Crippen LogP contribution in [0.4, 0.5) is 5.69 Å². The second kappa shape index (κ2) is 7.51. The summed E-state index contributed by atoms with van der Waals surface area (Å²) in [5.41, 5.74) is 1.31. The van der Waals surface area contributed by atoms with Crippen LogP contribution in [0.15, 0.2) is 28.6 Å². The highest BCUT2D eigenvalue weighted by Gasteiger charge is 2.20. The third-order valence-corrected chi connectivity index (χ3v) is 5.26. The molecule has 116 valence electrons. The largest absolute Gasteiger partial charge is 0.325 e. The van der Waals surface area contributed by atoms with Crippen molar-refractivity contribution in [3.63, 3.8) is 0 Å². The van der Waals surface area contributed by atoms with Crippen LogP contribution in [-0.4, -0.2) is 27.1 Å². The van der Waals surface area contributed by atoms with E-state index in [0.29, 0.717) is 17.7 Å². The molecule has 0 aliphatic heterocycles. The van der Waals surface area contributed by atoms with Crippen molar-refractivity contribution in [2.75, 3.05) is 5.32 Å². The number of benzene rings is 1. The summed E-state index contributed by atoms with van der Waals surface area (Å²) in [5, 5.41) is 11.5. The van der Waals surface area contributed by atoms with E-state index in [1.807, 2.05) is 13.8 Å². The summed E-state index contributed by atoms with van der Waals surface area (Å²) in [4.78, 5) is 23.6. The van der Waals surface area contributed by atoms with E-state index >= 15 is 0 Å². The van der Waals surface area contributed by atoms with Crippen molar-refractivity contribution in [1.82, 2.24) is 10.2 Å². The van der Waals surface area contributed by atoms with E-state index in [2.05, 4.69) is 15.5 Å². The lowest BCUT2D eigenvalue weighted by molar-refractivity contribution is -0.115. The monoisotopic (exact) mass is 335 g/mol. The maximum absolute atomic E-state index is 12.3. The number of aromatic nitrogens is 2. The van der Waals surface area contributed by atoms with E-state index < -0.39 is 0 Å². The van der Waals surface area contributed by atoms with Crippen LogP contribution < -0.4 is 5.32 Å². The molecule has 2 aromatic rings. The molecule has 1 aromatic carbocycles. The fourth-order valence-electron chi connectivity index (χ4n) is 1.78. The van der Waals surface area contributed by atoms with Crippen LogP contribution >= 0.6 is 23.1 Å². The molecule has 0 fully saturated rings. The number of aryl methyl sites for hydroxylation is 1. The van der Waals surface area contributed by atoms with Gasteiger partial charge in [-0.25, -0.2) is 0 Å². The number of nitrogens with one attached hydrogen (secondary N) is 1. The predicted molar refractivity (Wildman–Crippen MR) is 89.7 cm³/mol. The van der Waals surface area contributed by atoms with E-state index in [9.17, 15) is 9.59 Å². The van der Waals surface area contributed by atoms with Gasteiger partial charge in [-0.3, -0.25) is 9.59 Å². The summed E-state index contributed by atoms with van der Waals surface area (Å²) in [6, 6.07) is 6.89. The normalized spacial score (nSPS) is 12.0. The zero-order chi connectivity index (χ0) is 16.1. The second-order valence-electron chi connectivity index (χ2n) is 4.72. The Morgan fingerprint density at radius 2 is 1.95 bits per heavy atom. The average molecular weight is 335 g/mol. The molecule has 2 rings (SSSR count). The molecule has 1 atom stereocenters. The summed E-state index contributed by atoms with van der Waals surface area (Å²) in [6.07, 6.45) is 0.695. The highest BCUT2D eigenvalue weighted by Crippen LogP contribution is 2.28. The van der Waals surface area contributed by atoms with Gasteiger partial charge in [-0.05, 0) is 44.5 Å². The molecule has 7 heteroatoms. The Labute approximate surface area is 137 Å². The van der Waals surface area contributed by atoms with Crippen LogP contribution in [0.25, 0.3) is 0 Å². The molecule has 0 bridgehead atoms. The molecule has 0 aliphatic carbocycles. The van der Waals surface area contributed by atoms with Gasteiger partial charge < -0.3 is 5.32 Å². The van der Waals surface area contributed by atoms with Crippen molar-refractivity contribution >= 4 is 40.5 Å². The Morgan fingerprint density at radius 1 is 1.27 bits per heavy atom. The second-order valence-corrected chi connectivity index (χ2v) is 7.36. The van der Waals surface area contributed by atoms with Crippen LogP contribution in [-0.2, 0) is 4.79 Å². The first kappa shape index (κ1) is 16.6. The van der Waals surface area contributed by atoms with E-state index in [1.165, 1.54) is 30.0 Å². The van der Waals surface area contributed by atoms with Crippen molar-refractivity contribution in [2.24, 2.45) is 0 Å². The first-order valence-electron chi connectivity index (χ1n) is 6.88. The molecular formula is C15H17N3O2S2. The van der Waals surface area contributed by atoms with E-state index in [1.54, 1.807) is 24.3 Å². The third-order valence-electron chi connectivity index (χ3n) is 2.97. The summed E-state index contributed by atoms with van der Waals surface area (Å²) < 4.78 is 0.798. The predicted octanol–water partition coefficient (Wildman–Crippen LogP) is 3.56. The van der Waals surface area contributed by atoms with Crippen LogP contribution in [0, 0.1) is 6.92 Å². The van der Waals surface area contributed by atoms with Gasteiger partial charge in [-0.15, -0.1) is 10.2 Å². The maximum atomic E-state index is 12.3. The highest BCUT2D eigenvalue weighted by atomic mass is 32.2. The topological polar surface area (TPSA) is 72.0 Å². The Morgan fingerprint density at radius 3 is 2.45 bits per heavy atom. The van der Waals surface area contributed by atoms with Crippen molar-refractivity contribution in [3.05, 3.63) is 34.8 Å². The number of amides is 1. The van der Waals surface area contributed by atoms with Crippen LogP contribution in [0.1, 0.15) is 35.6 Å². The zero-order valence-electron chi connectivity index (χ0n) is 12.6. The number of carbonyl (C=O) groups excluding carboxylic acids is 2. The van der Waals surface area contributed by atoms with Crippen LogP contribution in [0.3, 0.4) is 0 Å². The van der Waals surface area contributed by atoms with Gasteiger partial charge in [0.15, 0.2) is 10.1 Å².